The molecule has 0 aliphatic carbocycles. The van der Waals surface area contributed by atoms with Crippen molar-refractivity contribution in [2.24, 2.45) is 0 Å². The molecule has 1 aliphatic rings. The average Bonchev–Trinajstić information content (AvgIpc) is 2.92. The molecule has 0 saturated carbocycles. The number of halogens is 2. The van der Waals surface area contributed by atoms with Gasteiger partial charge in [-0.3, -0.25) is 4.79 Å². The standard InChI is InChI=1S/C14H26F2N2O2/c1-2-3-8-18(10-12-5-4-7-17-12)14(19)6-9-20-11-13(15)16/h12-13,17H,2-11H2,1H3. The predicted molar refractivity (Wildman–Crippen MR) is 74.0 cm³/mol. The summed E-state index contributed by atoms with van der Waals surface area (Å²) in [5, 5.41) is 3.38. The monoisotopic (exact) mass is 292 g/mol. The zero-order valence-electron chi connectivity index (χ0n) is 12.2. The fourth-order valence-corrected chi connectivity index (χ4v) is 2.34. The molecule has 1 rings (SSSR count). The van der Waals surface area contributed by atoms with Gasteiger partial charge in [0.2, 0.25) is 5.91 Å². The van der Waals surface area contributed by atoms with E-state index in [4.69, 9.17) is 4.74 Å². The number of carbonyl (C=O) groups is 1. The normalized spacial score (nSPS) is 18.7. The minimum absolute atomic E-state index is 0.00131. The van der Waals surface area contributed by atoms with Crippen LogP contribution in [-0.4, -0.2) is 56.1 Å². The number of carbonyl (C=O) groups excluding carboxylic acids is 1. The largest absolute Gasteiger partial charge is 0.375 e. The highest BCUT2D eigenvalue weighted by Crippen LogP contribution is 2.09. The van der Waals surface area contributed by atoms with E-state index in [1.54, 1.807) is 0 Å². The smallest absolute Gasteiger partial charge is 0.261 e. The van der Waals surface area contributed by atoms with Gasteiger partial charge in [-0.15, -0.1) is 0 Å². The van der Waals surface area contributed by atoms with Gasteiger partial charge in [-0.05, 0) is 25.8 Å². The summed E-state index contributed by atoms with van der Waals surface area (Å²) in [4.78, 5) is 14.0. The second kappa shape index (κ2) is 10.0. The molecule has 0 aromatic heterocycles. The molecule has 1 atom stereocenters. The molecule has 1 unspecified atom stereocenters. The van der Waals surface area contributed by atoms with E-state index in [0.29, 0.717) is 12.6 Å². The van der Waals surface area contributed by atoms with Crippen molar-refractivity contribution >= 4 is 5.91 Å². The minimum Gasteiger partial charge on any atom is -0.375 e. The Morgan fingerprint density at radius 1 is 1.50 bits per heavy atom. The fraction of sp³-hybridized carbons (Fsp3) is 0.929. The van der Waals surface area contributed by atoms with Gasteiger partial charge >= 0.3 is 0 Å². The lowest BCUT2D eigenvalue weighted by molar-refractivity contribution is -0.133. The Kier molecular flexibility index (Phi) is 8.69. The summed E-state index contributed by atoms with van der Waals surface area (Å²) in [6.45, 7) is 4.03. The van der Waals surface area contributed by atoms with Crippen LogP contribution >= 0.6 is 0 Å². The predicted octanol–water partition coefficient (Wildman–Crippen LogP) is 2.04. The number of hydrogen-bond acceptors (Lipinski definition) is 3. The van der Waals surface area contributed by atoms with Crippen molar-refractivity contribution in [3.8, 4) is 0 Å². The van der Waals surface area contributed by atoms with Gasteiger partial charge in [-0.1, -0.05) is 13.3 Å². The number of unbranched alkanes of at least 4 members (excludes halogenated alkanes) is 1. The summed E-state index contributed by atoms with van der Waals surface area (Å²) in [5.41, 5.74) is 0. The third-order valence-electron chi connectivity index (χ3n) is 3.44. The summed E-state index contributed by atoms with van der Waals surface area (Å²) in [7, 11) is 0. The summed E-state index contributed by atoms with van der Waals surface area (Å²) in [6.07, 6.45) is 1.96. The number of rotatable bonds is 10. The quantitative estimate of drug-likeness (QED) is 0.627. The van der Waals surface area contributed by atoms with E-state index in [9.17, 15) is 13.6 Å². The molecule has 0 aromatic rings. The zero-order valence-corrected chi connectivity index (χ0v) is 12.2. The van der Waals surface area contributed by atoms with Crippen LogP contribution in [0.3, 0.4) is 0 Å². The molecular weight excluding hydrogens is 266 g/mol. The molecule has 0 spiro atoms. The Morgan fingerprint density at radius 2 is 2.30 bits per heavy atom. The van der Waals surface area contributed by atoms with Crippen LogP contribution < -0.4 is 5.32 Å². The van der Waals surface area contributed by atoms with E-state index in [0.717, 1.165) is 38.8 Å². The highest BCUT2D eigenvalue weighted by molar-refractivity contribution is 5.76. The van der Waals surface area contributed by atoms with Crippen LogP contribution in [-0.2, 0) is 9.53 Å². The summed E-state index contributed by atoms with van der Waals surface area (Å²) in [6, 6.07) is 0.373. The van der Waals surface area contributed by atoms with Gasteiger partial charge in [-0.25, -0.2) is 8.78 Å². The maximum atomic E-state index is 12.1. The van der Waals surface area contributed by atoms with Crippen molar-refractivity contribution in [2.75, 3.05) is 32.8 Å². The van der Waals surface area contributed by atoms with Crippen LogP contribution in [0.15, 0.2) is 0 Å². The molecule has 4 nitrogen and oxygen atoms in total. The van der Waals surface area contributed by atoms with E-state index < -0.39 is 13.0 Å². The summed E-state index contributed by atoms with van der Waals surface area (Å²) in [5.74, 6) is 0.00131. The Morgan fingerprint density at radius 3 is 2.90 bits per heavy atom. The van der Waals surface area contributed by atoms with E-state index in [1.165, 1.54) is 0 Å². The second-order valence-corrected chi connectivity index (χ2v) is 5.20. The zero-order chi connectivity index (χ0) is 14.8. The highest BCUT2D eigenvalue weighted by Gasteiger charge is 2.21. The Balaban J connectivity index is 2.30. The van der Waals surface area contributed by atoms with Gasteiger partial charge in [-0.2, -0.15) is 0 Å². The molecule has 1 aliphatic heterocycles. The first-order valence-corrected chi connectivity index (χ1v) is 7.50. The van der Waals surface area contributed by atoms with E-state index in [2.05, 4.69) is 12.2 Å². The van der Waals surface area contributed by atoms with Crippen LogP contribution in [0, 0.1) is 0 Å². The third-order valence-corrected chi connectivity index (χ3v) is 3.44. The SMILES string of the molecule is CCCCN(CC1CCCN1)C(=O)CCOCC(F)F. The van der Waals surface area contributed by atoms with Gasteiger partial charge < -0.3 is 15.0 Å². The molecule has 6 heteroatoms. The molecule has 0 radical (unpaired) electrons. The van der Waals surface area contributed by atoms with Crippen molar-refractivity contribution < 1.29 is 18.3 Å². The number of hydrogen-bond donors (Lipinski definition) is 1. The maximum absolute atomic E-state index is 12.1. The molecule has 1 N–H and O–H groups in total. The first-order valence-electron chi connectivity index (χ1n) is 7.50. The molecule has 1 fully saturated rings. The summed E-state index contributed by atoms with van der Waals surface area (Å²) >= 11 is 0. The fourth-order valence-electron chi connectivity index (χ4n) is 2.34. The number of nitrogens with zero attached hydrogens (tertiary/aromatic N) is 1. The highest BCUT2D eigenvalue weighted by atomic mass is 19.3. The van der Waals surface area contributed by atoms with Crippen molar-refractivity contribution in [2.45, 2.75) is 51.5 Å². The van der Waals surface area contributed by atoms with E-state index in [-0.39, 0.29) is 18.9 Å². The number of alkyl halides is 2. The topological polar surface area (TPSA) is 41.6 Å². The second-order valence-electron chi connectivity index (χ2n) is 5.20. The van der Waals surface area contributed by atoms with Crippen LogP contribution in [0.1, 0.15) is 39.0 Å². The minimum atomic E-state index is -2.47. The van der Waals surface area contributed by atoms with Gasteiger partial charge in [0, 0.05) is 19.1 Å². The van der Waals surface area contributed by atoms with E-state index >= 15 is 0 Å². The Bertz CT molecular complexity index is 272. The lowest BCUT2D eigenvalue weighted by atomic mass is 10.2. The molecule has 1 saturated heterocycles. The van der Waals surface area contributed by atoms with Crippen molar-refractivity contribution in [1.82, 2.24) is 10.2 Å². The lowest BCUT2D eigenvalue weighted by Gasteiger charge is -2.26. The first kappa shape index (κ1) is 17.3. The third kappa shape index (κ3) is 7.14. The molecule has 0 bridgehead atoms. The molecule has 20 heavy (non-hydrogen) atoms. The van der Waals surface area contributed by atoms with Crippen LogP contribution in [0.5, 0.6) is 0 Å². The average molecular weight is 292 g/mol. The van der Waals surface area contributed by atoms with E-state index in [1.807, 2.05) is 4.90 Å². The maximum Gasteiger partial charge on any atom is 0.261 e. The Hall–Kier alpha value is -0.750. The van der Waals surface area contributed by atoms with Crippen molar-refractivity contribution in [3.63, 3.8) is 0 Å². The van der Waals surface area contributed by atoms with Crippen molar-refractivity contribution in [1.29, 1.82) is 0 Å². The van der Waals surface area contributed by atoms with Crippen molar-refractivity contribution in [3.05, 3.63) is 0 Å². The number of nitrogens with one attached hydrogen (secondary N) is 1. The van der Waals surface area contributed by atoms with Gasteiger partial charge in [0.25, 0.3) is 6.43 Å². The molecule has 0 aromatic carbocycles. The van der Waals surface area contributed by atoms with Crippen LogP contribution in [0.25, 0.3) is 0 Å². The van der Waals surface area contributed by atoms with Crippen LogP contribution in [0.2, 0.25) is 0 Å². The lowest BCUT2D eigenvalue weighted by Crippen LogP contribution is -2.42. The number of ether oxygens (including phenoxy) is 1. The number of amides is 1. The van der Waals surface area contributed by atoms with Gasteiger partial charge in [0.05, 0.1) is 13.0 Å². The Labute approximate surface area is 119 Å². The van der Waals surface area contributed by atoms with Gasteiger partial charge in [0.1, 0.15) is 6.61 Å². The first-order chi connectivity index (χ1) is 9.63. The molecule has 118 valence electrons. The molecule has 1 heterocycles. The molecular formula is C14H26F2N2O2. The molecule has 1 amide bonds. The summed E-state index contributed by atoms with van der Waals surface area (Å²) < 4.78 is 28.6. The van der Waals surface area contributed by atoms with Gasteiger partial charge in [0.15, 0.2) is 0 Å². The van der Waals surface area contributed by atoms with Crippen LogP contribution in [0.4, 0.5) is 8.78 Å².